The molecule has 0 N–H and O–H groups in total. The van der Waals surface area contributed by atoms with Gasteiger partial charge in [0.25, 0.3) is 0 Å². The summed E-state index contributed by atoms with van der Waals surface area (Å²) >= 11 is 0. The first-order valence-corrected chi connectivity index (χ1v) is 19.9. The van der Waals surface area contributed by atoms with Crippen LogP contribution in [0.25, 0.3) is 49.7 Å². The predicted octanol–water partition coefficient (Wildman–Crippen LogP) is 14.4. The lowest BCUT2D eigenvalue weighted by Gasteiger charge is -2.34. The molecule has 0 amide bonds. The number of rotatable bonds is 6. The van der Waals surface area contributed by atoms with Crippen LogP contribution in [0.4, 0.5) is 17.1 Å². The van der Waals surface area contributed by atoms with Crippen molar-refractivity contribution in [2.75, 3.05) is 4.90 Å². The van der Waals surface area contributed by atoms with E-state index in [9.17, 15) is 0 Å². The highest BCUT2D eigenvalue weighted by atomic mass is 16.5. The minimum Gasteiger partial charge on any atom is -0.452 e. The average Bonchev–Trinajstić information content (AvgIpc) is 3.80. The number of hydrogen-bond donors (Lipinski definition) is 0. The number of aromatic nitrogens is 1. The number of ether oxygens (including phenoxy) is 1. The Balaban J connectivity index is 0.964. The van der Waals surface area contributed by atoms with Gasteiger partial charge in [-0.05, 0) is 93.5 Å². The van der Waals surface area contributed by atoms with Gasteiger partial charge in [0, 0.05) is 33.4 Å². The van der Waals surface area contributed by atoms with Gasteiger partial charge in [0.15, 0.2) is 11.5 Å². The van der Waals surface area contributed by atoms with Gasteiger partial charge in [-0.3, -0.25) is 0 Å². The fourth-order valence-electron chi connectivity index (χ4n) is 9.85. The van der Waals surface area contributed by atoms with E-state index in [1.54, 1.807) is 0 Å². The van der Waals surface area contributed by atoms with Gasteiger partial charge in [-0.1, -0.05) is 164 Å². The van der Waals surface area contributed by atoms with E-state index in [4.69, 9.17) is 4.74 Å². The smallest absolute Gasteiger partial charge is 0.159 e. The van der Waals surface area contributed by atoms with Crippen molar-refractivity contribution >= 4 is 38.9 Å². The van der Waals surface area contributed by atoms with Crippen molar-refractivity contribution in [3.05, 3.63) is 241 Å². The van der Waals surface area contributed by atoms with Gasteiger partial charge < -0.3 is 14.2 Å². The van der Waals surface area contributed by atoms with Crippen molar-refractivity contribution in [1.29, 1.82) is 0 Å². The van der Waals surface area contributed by atoms with Gasteiger partial charge in [-0.2, -0.15) is 0 Å². The van der Waals surface area contributed by atoms with E-state index in [2.05, 4.69) is 228 Å². The molecule has 1 aliphatic heterocycles. The lowest BCUT2D eigenvalue weighted by Crippen LogP contribution is -2.28. The lowest BCUT2D eigenvalue weighted by atomic mass is 9.68. The molecule has 12 rings (SSSR count). The topological polar surface area (TPSA) is 17.4 Å². The zero-order valence-electron chi connectivity index (χ0n) is 31.6. The average molecular weight is 741 g/mol. The number of nitrogens with zero attached hydrogens (tertiary/aromatic N) is 2. The summed E-state index contributed by atoms with van der Waals surface area (Å²) in [4.78, 5) is 2.34. The Morgan fingerprint density at radius 3 is 1.66 bits per heavy atom. The Morgan fingerprint density at radius 1 is 0.397 bits per heavy atom. The van der Waals surface area contributed by atoms with Crippen LogP contribution in [0.5, 0.6) is 11.5 Å². The summed E-state index contributed by atoms with van der Waals surface area (Å²) in [6.07, 6.45) is 0. The van der Waals surface area contributed by atoms with E-state index in [-0.39, 0.29) is 0 Å². The van der Waals surface area contributed by atoms with Crippen molar-refractivity contribution in [1.82, 2.24) is 4.57 Å². The quantitative estimate of drug-likeness (QED) is 0.169. The number of fused-ring (bicyclic) bond motifs is 8. The number of benzene rings is 9. The van der Waals surface area contributed by atoms with Gasteiger partial charge in [-0.25, -0.2) is 0 Å². The molecule has 0 bridgehead atoms. The first-order chi connectivity index (χ1) is 28.8. The Morgan fingerprint density at radius 2 is 0.931 bits per heavy atom. The highest BCUT2D eigenvalue weighted by molar-refractivity contribution is 6.12. The summed E-state index contributed by atoms with van der Waals surface area (Å²) in [6, 6.07) is 79.0. The number of anilines is 3. The molecule has 0 saturated heterocycles. The monoisotopic (exact) mass is 740 g/mol. The van der Waals surface area contributed by atoms with Crippen molar-refractivity contribution in [3.63, 3.8) is 0 Å². The van der Waals surface area contributed by atoms with Crippen LogP contribution in [0.3, 0.4) is 0 Å². The maximum Gasteiger partial charge on any atom is 0.159 e. The molecule has 2 aliphatic rings. The molecule has 2 heterocycles. The highest BCUT2D eigenvalue weighted by Crippen LogP contribution is 2.56. The molecule has 0 spiro atoms. The summed E-state index contributed by atoms with van der Waals surface area (Å²) in [7, 11) is 0. The Bertz CT molecular complexity index is 3140. The minimum absolute atomic E-state index is 0.442. The summed E-state index contributed by atoms with van der Waals surface area (Å²) in [6.45, 7) is 0. The molecule has 10 aromatic rings. The molecule has 58 heavy (non-hydrogen) atoms. The van der Waals surface area contributed by atoms with E-state index in [0.29, 0.717) is 0 Å². The first kappa shape index (κ1) is 32.6. The van der Waals surface area contributed by atoms with Crippen LogP contribution in [0.2, 0.25) is 0 Å². The number of hydrogen-bond acceptors (Lipinski definition) is 2. The Hall–Kier alpha value is -7.62. The fraction of sp³-hybridized carbons (Fsp3) is 0.0182. The Labute approximate surface area is 337 Å². The normalized spacial score (nSPS) is 13.1. The largest absolute Gasteiger partial charge is 0.452 e. The SMILES string of the molecule is c1ccc(N(c2ccc(-c3cccc4c3Oc3cccc5c6ccccc6n-4c35)cc2)c2ccc(C3(c4ccccc4)c4ccccc4-c4ccccc43)cc2)cc1. The molecule has 9 aromatic carbocycles. The third-order valence-corrected chi connectivity index (χ3v) is 12.3. The Kier molecular flexibility index (Phi) is 7.14. The number of para-hydroxylation sites is 4. The second-order valence-electron chi connectivity index (χ2n) is 15.2. The van der Waals surface area contributed by atoms with Crippen LogP contribution in [-0.4, -0.2) is 4.57 Å². The maximum atomic E-state index is 6.79. The van der Waals surface area contributed by atoms with Gasteiger partial charge in [0.1, 0.15) is 0 Å². The van der Waals surface area contributed by atoms with Crippen LogP contribution in [0.15, 0.2) is 218 Å². The second-order valence-corrected chi connectivity index (χ2v) is 15.2. The van der Waals surface area contributed by atoms with Crippen LogP contribution < -0.4 is 9.64 Å². The third-order valence-electron chi connectivity index (χ3n) is 12.3. The van der Waals surface area contributed by atoms with E-state index in [0.717, 1.165) is 50.9 Å². The van der Waals surface area contributed by atoms with Gasteiger partial charge >= 0.3 is 0 Å². The van der Waals surface area contributed by atoms with E-state index in [1.165, 1.54) is 49.7 Å². The van der Waals surface area contributed by atoms with Gasteiger partial charge in [0.05, 0.1) is 22.1 Å². The first-order valence-electron chi connectivity index (χ1n) is 19.9. The summed E-state index contributed by atoms with van der Waals surface area (Å²) in [5.74, 6) is 1.75. The molecular formula is C55H36N2O. The van der Waals surface area contributed by atoms with Crippen molar-refractivity contribution in [2.45, 2.75) is 5.41 Å². The highest BCUT2D eigenvalue weighted by Gasteiger charge is 2.45. The summed E-state index contributed by atoms with van der Waals surface area (Å²) < 4.78 is 9.15. The molecule has 0 unspecified atom stereocenters. The zero-order valence-corrected chi connectivity index (χ0v) is 31.6. The molecular weight excluding hydrogens is 705 g/mol. The predicted molar refractivity (Wildman–Crippen MR) is 238 cm³/mol. The minimum atomic E-state index is -0.442. The molecule has 0 atom stereocenters. The van der Waals surface area contributed by atoms with Gasteiger partial charge in [-0.15, -0.1) is 0 Å². The molecule has 0 radical (unpaired) electrons. The van der Waals surface area contributed by atoms with Crippen molar-refractivity contribution < 1.29 is 4.74 Å². The molecule has 0 saturated carbocycles. The van der Waals surface area contributed by atoms with Crippen molar-refractivity contribution in [3.8, 4) is 39.4 Å². The standard InChI is InChI=1S/C55H36N2O/c1-3-15-38(16-4-1)55(48-24-10-7-19-44(48)45-20-8-11-25-49(45)55)39-31-35-42(36-32-39)56(40-17-5-2-6-18-40)41-33-29-37(30-34-41)43-22-13-27-51-54(43)58-52-28-14-23-47-46-21-9-12-26-50(46)57(51)53(47)52/h1-36H. The summed E-state index contributed by atoms with van der Waals surface area (Å²) in [5, 5.41) is 2.43. The molecule has 0 fully saturated rings. The lowest BCUT2D eigenvalue weighted by molar-refractivity contribution is 0.478. The second kappa shape index (κ2) is 12.7. The zero-order chi connectivity index (χ0) is 38.2. The molecule has 1 aromatic heterocycles. The van der Waals surface area contributed by atoms with Crippen LogP contribution in [0.1, 0.15) is 22.3 Å². The van der Waals surface area contributed by atoms with E-state index < -0.39 is 5.41 Å². The molecule has 3 nitrogen and oxygen atoms in total. The maximum absolute atomic E-state index is 6.79. The third kappa shape index (κ3) is 4.62. The van der Waals surface area contributed by atoms with Crippen LogP contribution in [0, 0.1) is 0 Å². The van der Waals surface area contributed by atoms with Crippen molar-refractivity contribution in [2.24, 2.45) is 0 Å². The van der Waals surface area contributed by atoms with E-state index >= 15 is 0 Å². The van der Waals surface area contributed by atoms with Gasteiger partial charge in [0.2, 0.25) is 0 Å². The molecule has 3 heteroatoms. The van der Waals surface area contributed by atoms with Crippen LogP contribution in [-0.2, 0) is 5.41 Å². The molecule has 1 aliphatic carbocycles. The molecule has 272 valence electrons. The van der Waals surface area contributed by atoms with Crippen LogP contribution >= 0.6 is 0 Å². The van der Waals surface area contributed by atoms with E-state index in [1.807, 2.05) is 0 Å². The summed E-state index contributed by atoms with van der Waals surface area (Å²) in [5.41, 5.74) is 16.0. The fourth-order valence-corrected chi connectivity index (χ4v) is 9.85.